The quantitative estimate of drug-likeness (QED) is 0.641. The van der Waals surface area contributed by atoms with Gasteiger partial charge in [0.2, 0.25) is 0 Å². The molecule has 20 heavy (non-hydrogen) atoms. The van der Waals surface area contributed by atoms with E-state index in [2.05, 4.69) is 0 Å². The van der Waals surface area contributed by atoms with Gasteiger partial charge in [-0.2, -0.15) is 10.5 Å². The van der Waals surface area contributed by atoms with Crippen molar-refractivity contribution in [1.29, 1.82) is 10.5 Å². The first kappa shape index (κ1) is 19.8. The van der Waals surface area contributed by atoms with E-state index in [9.17, 15) is 0 Å². The fraction of sp³-hybridized carbons (Fsp3) is 0.222. The van der Waals surface area contributed by atoms with Crippen molar-refractivity contribution in [1.82, 2.24) is 0 Å². The first-order chi connectivity index (χ1) is 9.86. The molecule has 0 bridgehead atoms. The van der Waals surface area contributed by atoms with Crippen molar-refractivity contribution in [2.24, 2.45) is 0 Å². The van der Waals surface area contributed by atoms with Crippen LogP contribution in [0, 0.1) is 22.7 Å². The molecule has 0 aromatic heterocycles. The molecular weight excluding hydrogens is 244 g/mol. The van der Waals surface area contributed by atoms with Gasteiger partial charge in [0.05, 0.1) is 23.3 Å². The van der Waals surface area contributed by atoms with Gasteiger partial charge in [-0.3, -0.25) is 0 Å². The molecule has 0 saturated carbocycles. The van der Waals surface area contributed by atoms with E-state index in [1.807, 2.05) is 76.2 Å². The van der Waals surface area contributed by atoms with E-state index in [4.69, 9.17) is 10.5 Å². The molecule has 106 valence electrons. The van der Waals surface area contributed by atoms with Crippen LogP contribution in [-0.2, 0) is 0 Å². The minimum atomic E-state index is 0. The lowest BCUT2D eigenvalue weighted by Gasteiger charge is -1.80. The molecule has 0 saturated heterocycles. The average Bonchev–Trinajstić information content (AvgIpc) is 2.60. The van der Waals surface area contributed by atoms with Gasteiger partial charge in [-0.1, -0.05) is 64.1 Å². The number of benzene rings is 2. The minimum Gasteiger partial charge on any atom is -0.192 e. The number of nitrogens with zero attached hydrogens (tertiary/aromatic N) is 2. The zero-order chi connectivity index (χ0) is 15.6. The van der Waals surface area contributed by atoms with Crippen LogP contribution in [0.5, 0.6) is 0 Å². The molecule has 0 aliphatic rings. The predicted octanol–water partition coefficient (Wildman–Crippen LogP) is 5.41. The number of hydrogen-bond acceptors (Lipinski definition) is 2. The van der Waals surface area contributed by atoms with E-state index in [1.165, 1.54) is 0 Å². The lowest BCUT2D eigenvalue weighted by atomic mass is 10.2. The molecule has 2 aromatic carbocycles. The Morgan fingerprint density at radius 3 is 1.00 bits per heavy atom. The standard InChI is InChI=1S/2C7H5N.2C2H6.H2/c2*8-6-7-4-2-1-3-5-7;2*1-2;/h2*1-5H;2*1-2H3;1H. The Bertz CT molecular complexity index is 447. The normalized spacial score (nSPS) is 6.90. The summed E-state index contributed by atoms with van der Waals surface area (Å²) in [5, 5.41) is 16.6. The Morgan fingerprint density at radius 2 is 0.850 bits per heavy atom. The van der Waals surface area contributed by atoms with Crippen LogP contribution in [0.4, 0.5) is 0 Å². The molecule has 2 heteroatoms. The van der Waals surface area contributed by atoms with Gasteiger partial charge in [-0.15, -0.1) is 0 Å². The minimum absolute atomic E-state index is 0. The second-order valence-corrected chi connectivity index (χ2v) is 2.96. The Balaban J connectivity index is -0.000000240. The van der Waals surface area contributed by atoms with Crippen molar-refractivity contribution >= 4 is 0 Å². The second-order valence-electron chi connectivity index (χ2n) is 2.96. The van der Waals surface area contributed by atoms with Crippen LogP contribution < -0.4 is 0 Å². The fourth-order valence-electron chi connectivity index (χ4n) is 1.03. The van der Waals surface area contributed by atoms with E-state index in [1.54, 1.807) is 24.3 Å². The molecule has 0 N–H and O–H groups in total. The number of hydrogen-bond donors (Lipinski definition) is 0. The number of nitriles is 2. The van der Waals surface area contributed by atoms with Crippen LogP contribution in [0.2, 0.25) is 0 Å². The highest BCUT2D eigenvalue weighted by Gasteiger charge is 1.80. The van der Waals surface area contributed by atoms with Crippen LogP contribution >= 0.6 is 0 Å². The van der Waals surface area contributed by atoms with E-state index in [0.29, 0.717) is 11.1 Å². The van der Waals surface area contributed by atoms with Crippen molar-refractivity contribution in [3.05, 3.63) is 71.8 Å². The molecule has 0 aliphatic heterocycles. The first-order valence-electron chi connectivity index (χ1n) is 6.77. The monoisotopic (exact) mass is 268 g/mol. The lowest BCUT2D eigenvalue weighted by Crippen LogP contribution is -1.66. The molecule has 0 heterocycles. The predicted molar refractivity (Wildman–Crippen MR) is 87.1 cm³/mol. The molecule has 0 radical (unpaired) electrons. The lowest BCUT2D eigenvalue weighted by molar-refractivity contribution is 1.49. The summed E-state index contributed by atoms with van der Waals surface area (Å²) in [6.45, 7) is 8.00. The maximum atomic E-state index is 8.29. The maximum Gasteiger partial charge on any atom is 0.0991 e. The summed E-state index contributed by atoms with van der Waals surface area (Å²) >= 11 is 0. The van der Waals surface area contributed by atoms with Crippen LogP contribution in [0.15, 0.2) is 60.7 Å². The third kappa shape index (κ3) is 10.6. The summed E-state index contributed by atoms with van der Waals surface area (Å²) in [6, 6.07) is 22.3. The topological polar surface area (TPSA) is 47.6 Å². The molecule has 2 nitrogen and oxygen atoms in total. The largest absolute Gasteiger partial charge is 0.192 e. The van der Waals surface area contributed by atoms with Crippen molar-refractivity contribution in [3.8, 4) is 12.1 Å². The summed E-state index contributed by atoms with van der Waals surface area (Å²) in [5.74, 6) is 0. The highest BCUT2D eigenvalue weighted by molar-refractivity contribution is 5.27. The summed E-state index contributed by atoms with van der Waals surface area (Å²) in [5.41, 5.74) is 1.43. The highest BCUT2D eigenvalue weighted by atomic mass is 14.2. The Labute approximate surface area is 124 Å². The molecule has 0 amide bonds. The summed E-state index contributed by atoms with van der Waals surface area (Å²) < 4.78 is 0. The first-order valence-corrected chi connectivity index (χ1v) is 6.77. The van der Waals surface area contributed by atoms with Crippen molar-refractivity contribution in [2.45, 2.75) is 27.7 Å². The third-order valence-electron chi connectivity index (χ3n) is 1.81. The van der Waals surface area contributed by atoms with Crippen LogP contribution in [-0.4, -0.2) is 0 Å². The van der Waals surface area contributed by atoms with Crippen molar-refractivity contribution in [2.75, 3.05) is 0 Å². The molecule has 0 atom stereocenters. The Morgan fingerprint density at radius 1 is 0.600 bits per heavy atom. The molecule has 0 unspecified atom stereocenters. The van der Waals surface area contributed by atoms with E-state index in [0.717, 1.165) is 0 Å². The van der Waals surface area contributed by atoms with Gasteiger partial charge in [-0.05, 0) is 24.3 Å². The number of rotatable bonds is 0. The van der Waals surface area contributed by atoms with Gasteiger partial charge < -0.3 is 0 Å². The molecule has 2 rings (SSSR count). The third-order valence-corrected chi connectivity index (χ3v) is 1.81. The van der Waals surface area contributed by atoms with E-state index < -0.39 is 0 Å². The average molecular weight is 268 g/mol. The van der Waals surface area contributed by atoms with Gasteiger partial charge in [0.25, 0.3) is 0 Å². The zero-order valence-corrected chi connectivity index (χ0v) is 12.7. The fourth-order valence-corrected chi connectivity index (χ4v) is 1.03. The summed E-state index contributed by atoms with van der Waals surface area (Å²) in [7, 11) is 0. The second kappa shape index (κ2) is 16.4. The zero-order valence-electron chi connectivity index (χ0n) is 12.7. The van der Waals surface area contributed by atoms with E-state index >= 15 is 0 Å². The molecule has 2 aromatic rings. The van der Waals surface area contributed by atoms with Crippen molar-refractivity contribution < 1.29 is 1.43 Å². The molecule has 0 spiro atoms. The van der Waals surface area contributed by atoms with Gasteiger partial charge in [0.1, 0.15) is 0 Å². The molecule has 0 aliphatic carbocycles. The Hall–Kier alpha value is -2.58. The van der Waals surface area contributed by atoms with Gasteiger partial charge in [0.15, 0.2) is 0 Å². The van der Waals surface area contributed by atoms with Gasteiger partial charge in [-0.25, -0.2) is 0 Å². The van der Waals surface area contributed by atoms with Gasteiger partial charge >= 0.3 is 0 Å². The van der Waals surface area contributed by atoms with Crippen LogP contribution in [0.1, 0.15) is 40.2 Å². The van der Waals surface area contributed by atoms with Crippen LogP contribution in [0.25, 0.3) is 0 Å². The van der Waals surface area contributed by atoms with Gasteiger partial charge in [0, 0.05) is 1.43 Å². The molecular formula is C18H24N2. The highest BCUT2D eigenvalue weighted by Crippen LogP contribution is 1.93. The summed E-state index contributed by atoms with van der Waals surface area (Å²) in [4.78, 5) is 0. The smallest absolute Gasteiger partial charge is 0.0991 e. The SMILES string of the molecule is CC.CC.N#Cc1ccccc1.N#Cc1ccccc1.[HH]. The maximum absolute atomic E-state index is 8.29. The Kier molecular flexibility index (Phi) is 16.2. The van der Waals surface area contributed by atoms with Crippen molar-refractivity contribution in [3.63, 3.8) is 0 Å². The van der Waals surface area contributed by atoms with Crippen LogP contribution in [0.3, 0.4) is 0 Å². The summed E-state index contributed by atoms with van der Waals surface area (Å²) in [6.07, 6.45) is 0. The van der Waals surface area contributed by atoms with E-state index in [-0.39, 0.29) is 1.43 Å². The molecule has 0 fully saturated rings.